The van der Waals surface area contributed by atoms with Crippen molar-refractivity contribution in [1.29, 1.82) is 0 Å². The molecule has 7 nitrogen and oxygen atoms in total. The van der Waals surface area contributed by atoms with Crippen molar-refractivity contribution in [2.45, 2.75) is 6.92 Å². The zero-order chi connectivity index (χ0) is 13.2. The van der Waals surface area contributed by atoms with Gasteiger partial charge >= 0.3 is 0 Å². The van der Waals surface area contributed by atoms with E-state index in [1.54, 1.807) is 18.5 Å². The number of aromatic nitrogens is 5. The van der Waals surface area contributed by atoms with Crippen molar-refractivity contribution in [3.63, 3.8) is 0 Å². The summed E-state index contributed by atoms with van der Waals surface area (Å²) in [7, 11) is 1.83. The highest BCUT2D eigenvalue weighted by Crippen LogP contribution is 2.33. The minimum absolute atomic E-state index is 0.364. The first-order chi connectivity index (χ1) is 9.29. The largest absolute Gasteiger partial charge is 0.378 e. The molecule has 3 aromatic rings. The predicted molar refractivity (Wildman–Crippen MR) is 70.7 cm³/mol. The van der Waals surface area contributed by atoms with Crippen LogP contribution in [-0.4, -0.2) is 31.5 Å². The van der Waals surface area contributed by atoms with Gasteiger partial charge in [0.05, 0.1) is 11.3 Å². The van der Waals surface area contributed by atoms with Crippen LogP contribution in [0.3, 0.4) is 0 Å². The summed E-state index contributed by atoms with van der Waals surface area (Å²) in [6, 6.07) is 1.73. The second-order valence-corrected chi connectivity index (χ2v) is 4.49. The Labute approximate surface area is 112 Å². The number of aryl methyl sites for hydroxylation is 1. The van der Waals surface area contributed by atoms with Crippen molar-refractivity contribution in [2.24, 2.45) is 0 Å². The molecule has 0 radical (unpaired) electrons. The van der Waals surface area contributed by atoms with Crippen molar-refractivity contribution in [3.05, 3.63) is 24.2 Å². The average Bonchev–Trinajstić information content (AvgIpc) is 3.05. The maximum Gasteiger partial charge on any atom is 0.263 e. The van der Waals surface area contributed by atoms with Crippen molar-refractivity contribution in [1.82, 2.24) is 24.5 Å². The maximum absolute atomic E-state index is 5.27. The fourth-order valence-electron chi connectivity index (χ4n) is 1.62. The fourth-order valence-corrected chi connectivity index (χ4v) is 2.36. The lowest BCUT2D eigenvalue weighted by Gasteiger charge is -1.96. The second kappa shape index (κ2) is 4.73. The monoisotopic (exact) mass is 274 g/mol. The topological polar surface area (TPSA) is 89.6 Å². The molecule has 0 atom stereocenters. The lowest BCUT2D eigenvalue weighted by atomic mass is 10.2. The Kier molecular flexibility index (Phi) is 2.92. The second-order valence-electron chi connectivity index (χ2n) is 3.72. The summed E-state index contributed by atoms with van der Waals surface area (Å²) >= 11 is 1.36. The molecule has 3 aromatic heterocycles. The third-order valence-corrected chi connectivity index (χ3v) is 3.45. The van der Waals surface area contributed by atoms with Gasteiger partial charge in [0, 0.05) is 19.4 Å². The van der Waals surface area contributed by atoms with Crippen molar-refractivity contribution in [3.8, 4) is 23.1 Å². The number of anilines is 1. The Morgan fingerprint density at radius 2 is 2.00 bits per heavy atom. The molecule has 1 N–H and O–H groups in total. The third-order valence-electron chi connectivity index (χ3n) is 2.50. The van der Waals surface area contributed by atoms with Gasteiger partial charge in [-0.3, -0.25) is 0 Å². The number of nitrogens with zero attached hydrogens (tertiary/aromatic N) is 5. The van der Waals surface area contributed by atoms with E-state index < -0.39 is 0 Å². The number of nitrogens with one attached hydrogen (secondary N) is 1. The Morgan fingerprint density at radius 1 is 1.21 bits per heavy atom. The van der Waals surface area contributed by atoms with Crippen LogP contribution in [0.5, 0.6) is 0 Å². The van der Waals surface area contributed by atoms with Gasteiger partial charge in [-0.05, 0) is 24.5 Å². The molecule has 0 saturated carbocycles. The minimum atomic E-state index is 0.364. The maximum atomic E-state index is 5.27. The average molecular weight is 274 g/mol. The van der Waals surface area contributed by atoms with Gasteiger partial charge in [0.25, 0.3) is 5.89 Å². The van der Waals surface area contributed by atoms with Crippen LogP contribution in [0.15, 0.2) is 23.0 Å². The van der Waals surface area contributed by atoms with E-state index in [0.29, 0.717) is 17.5 Å². The first kappa shape index (κ1) is 11.7. The summed E-state index contributed by atoms with van der Waals surface area (Å²) in [4.78, 5) is 12.5. The van der Waals surface area contributed by atoms with E-state index in [1.165, 1.54) is 11.5 Å². The van der Waals surface area contributed by atoms with E-state index in [9.17, 15) is 0 Å². The van der Waals surface area contributed by atoms with Gasteiger partial charge in [-0.2, -0.15) is 9.36 Å². The quantitative estimate of drug-likeness (QED) is 0.781. The van der Waals surface area contributed by atoms with E-state index in [-0.39, 0.29) is 0 Å². The molecule has 8 heteroatoms. The van der Waals surface area contributed by atoms with Crippen LogP contribution in [0.1, 0.15) is 5.69 Å². The molecule has 0 unspecified atom stereocenters. The van der Waals surface area contributed by atoms with Crippen molar-refractivity contribution in [2.75, 3.05) is 12.4 Å². The van der Waals surface area contributed by atoms with Gasteiger partial charge in [-0.25, -0.2) is 9.97 Å². The molecule has 0 saturated heterocycles. The molecular weight excluding hydrogens is 264 g/mol. The number of hydrogen-bond donors (Lipinski definition) is 1. The van der Waals surface area contributed by atoms with Gasteiger partial charge in [-0.1, -0.05) is 5.16 Å². The molecule has 96 valence electrons. The van der Waals surface area contributed by atoms with Crippen LogP contribution in [0.4, 0.5) is 5.00 Å². The third kappa shape index (κ3) is 2.06. The smallest absolute Gasteiger partial charge is 0.263 e. The molecule has 19 heavy (non-hydrogen) atoms. The van der Waals surface area contributed by atoms with Crippen molar-refractivity contribution < 1.29 is 4.52 Å². The Morgan fingerprint density at radius 3 is 2.74 bits per heavy atom. The molecule has 3 rings (SSSR count). The van der Waals surface area contributed by atoms with Gasteiger partial charge < -0.3 is 9.84 Å². The summed E-state index contributed by atoms with van der Waals surface area (Å²) in [6.45, 7) is 1.90. The van der Waals surface area contributed by atoms with Crippen LogP contribution in [0, 0.1) is 6.92 Å². The standard InChI is InChI=1S/C11H10N6OS/c1-6-7(11(12-2)19-17-6)10-15-9(16-18-10)8-13-4-3-5-14-8/h3-5,12H,1-2H3. The van der Waals surface area contributed by atoms with Crippen molar-refractivity contribution >= 4 is 16.5 Å². The summed E-state index contributed by atoms with van der Waals surface area (Å²) in [6.07, 6.45) is 3.27. The Balaban J connectivity index is 2.04. The van der Waals surface area contributed by atoms with Gasteiger partial charge in [0.15, 0.2) is 0 Å². The predicted octanol–water partition coefficient (Wildman–Crippen LogP) is 2.00. The van der Waals surface area contributed by atoms with Gasteiger partial charge in [-0.15, -0.1) is 0 Å². The lowest BCUT2D eigenvalue weighted by Crippen LogP contribution is -1.90. The van der Waals surface area contributed by atoms with Crippen LogP contribution >= 0.6 is 11.5 Å². The number of rotatable bonds is 3. The van der Waals surface area contributed by atoms with E-state index in [0.717, 1.165) is 16.3 Å². The first-order valence-electron chi connectivity index (χ1n) is 5.55. The Bertz CT molecular complexity index is 692. The molecule has 0 bridgehead atoms. The minimum Gasteiger partial charge on any atom is -0.378 e. The zero-order valence-electron chi connectivity index (χ0n) is 10.3. The highest BCUT2D eigenvalue weighted by Gasteiger charge is 2.19. The highest BCUT2D eigenvalue weighted by atomic mass is 32.1. The molecule has 0 aliphatic heterocycles. The first-order valence-corrected chi connectivity index (χ1v) is 6.32. The molecule has 0 aromatic carbocycles. The van der Waals surface area contributed by atoms with Gasteiger partial charge in [0.2, 0.25) is 11.6 Å². The summed E-state index contributed by atoms with van der Waals surface area (Å²) in [5.74, 6) is 1.21. The SMILES string of the molecule is CNc1snc(C)c1-c1nc(-c2ncccn2)no1. The van der Waals surface area contributed by atoms with Crippen LogP contribution in [-0.2, 0) is 0 Å². The molecule has 0 aliphatic carbocycles. The van der Waals surface area contributed by atoms with Crippen LogP contribution < -0.4 is 5.32 Å². The molecule has 0 spiro atoms. The Hall–Kier alpha value is -2.35. The fraction of sp³-hybridized carbons (Fsp3) is 0.182. The number of hydrogen-bond acceptors (Lipinski definition) is 8. The van der Waals surface area contributed by atoms with Gasteiger partial charge in [0.1, 0.15) is 5.00 Å². The van der Waals surface area contributed by atoms with Crippen LogP contribution in [0.25, 0.3) is 23.1 Å². The highest BCUT2D eigenvalue weighted by molar-refractivity contribution is 7.10. The van der Waals surface area contributed by atoms with Crippen LogP contribution in [0.2, 0.25) is 0 Å². The van der Waals surface area contributed by atoms with E-state index in [4.69, 9.17) is 4.52 Å². The van der Waals surface area contributed by atoms with E-state index in [2.05, 4.69) is 29.8 Å². The molecule has 0 fully saturated rings. The zero-order valence-corrected chi connectivity index (χ0v) is 11.1. The summed E-state index contributed by atoms with van der Waals surface area (Å²) in [5.41, 5.74) is 1.67. The molecule has 0 amide bonds. The van der Waals surface area contributed by atoms with E-state index in [1.807, 2.05) is 14.0 Å². The lowest BCUT2D eigenvalue weighted by molar-refractivity contribution is 0.432. The normalized spacial score (nSPS) is 10.6. The summed E-state index contributed by atoms with van der Waals surface area (Å²) < 4.78 is 9.54. The van der Waals surface area contributed by atoms with E-state index >= 15 is 0 Å². The molecular formula is C11H10N6OS. The molecule has 3 heterocycles. The summed E-state index contributed by atoms with van der Waals surface area (Å²) in [5, 5.41) is 7.85. The molecule has 0 aliphatic rings.